The van der Waals surface area contributed by atoms with E-state index in [2.05, 4.69) is 16.2 Å². The Morgan fingerprint density at radius 3 is 2.67 bits per heavy atom. The van der Waals surface area contributed by atoms with Crippen LogP contribution in [-0.2, 0) is 6.54 Å². The predicted molar refractivity (Wildman–Crippen MR) is 91.7 cm³/mol. The Balaban J connectivity index is 1.54. The van der Waals surface area contributed by atoms with Crippen molar-refractivity contribution >= 4 is 17.2 Å². The highest BCUT2D eigenvalue weighted by Gasteiger charge is 2.33. The van der Waals surface area contributed by atoms with Gasteiger partial charge < -0.3 is 9.42 Å². The summed E-state index contributed by atoms with van der Waals surface area (Å²) in [7, 11) is 0. The van der Waals surface area contributed by atoms with E-state index in [1.54, 1.807) is 18.3 Å². The standard InChI is InChI=1S/C18H17N3O2S/c1-12-19-17(23-20-12)13-4-6-14(7-5-13)18(22)21(15-8-9-15)11-16-3-2-10-24-16/h2-7,10,15H,8-9,11H2,1H3. The number of benzene rings is 1. The van der Waals surface area contributed by atoms with Gasteiger partial charge in [0.05, 0.1) is 6.54 Å². The quantitative estimate of drug-likeness (QED) is 0.707. The molecule has 1 saturated carbocycles. The van der Waals surface area contributed by atoms with Crippen LogP contribution in [0.3, 0.4) is 0 Å². The van der Waals surface area contributed by atoms with Gasteiger partial charge in [-0.25, -0.2) is 0 Å². The van der Waals surface area contributed by atoms with Crippen molar-refractivity contribution in [3.05, 3.63) is 58.0 Å². The summed E-state index contributed by atoms with van der Waals surface area (Å²) in [5.74, 6) is 1.16. The molecule has 6 heteroatoms. The molecule has 0 atom stereocenters. The Morgan fingerprint density at radius 2 is 2.08 bits per heavy atom. The Hall–Kier alpha value is -2.47. The number of amides is 1. The summed E-state index contributed by atoms with van der Waals surface area (Å²) in [5, 5.41) is 5.84. The Bertz CT molecular complexity index is 836. The Labute approximate surface area is 143 Å². The molecule has 0 saturated heterocycles. The number of aromatic nitrogens is 2. The van der Waals surface area contributed by atoms with Crippen molar-refractivity contribution in [3.63, 3.8) is 0 Å². The molecule has 1 aromatic carbocycles. The van der Waals surface area contributed by atoms with E-state index in [1.165, 1.54) is 4.88 Å². The van der Waals surface area contributed by atoms with Gasteiger partial charge in [0, 0.05) is 22.0 Å². The summed E-state index contributed by atoms with van der Waals surface area (Å²) in [6, 6.07) is 11.9. The first-order valence-corrected chi connectivity index (χ1v) is 8.83. The van der Waals surface area contributed by atoms with E-state index in [-0.39, 0.29) is 5.91 Å². The molecule has 1 aliphatic rings. The molecule has 2 heterocycles. The summed E-state index contributed by atoms with van der Waals surface area (Å²) >= 11 is 1.69. The Morgan fingerprint density at radius 1 is 1.29 bits per heavy atom. The molecule has 0 unspecified atom stereocenters. The fourth-order valence-electron chi connectivity index (χ4n) is 2.66. The van der Waals surface area contributed by atoms with E-state index < -0.39 is 0 Å². The van der Waals surface area contributed by atoms with Crippen molar-refractivity contribution in [1.29, 1.82) is 0 Å². The zero-order valence-electron chi connectivity index (χ0n) is 13.3. The number of hydrogen-bond acceptors (Lipinski definition) is 5. The van der Waals surface area contributed by atoms with Crippen LogP contribution in [-0.4, -0.2) is 27.0 Å². The maximum atomic E-state index is 12.9. The first-order chi connectivity index (χ1) is 11.7. The van der Waals surface area contributed by atoms with Crippen molar-refractivity contribution in [1.82, 2.24) is 15.0 Å². The topological polar surface area (TPSA) is 59.2 Å². The molecule has 24 heavy (non-hydrogen) atoms. The van der Waals surface area contributed by atoms with Gasteiger partial charge in [-0.1, -0.05) is 11.2 Å². The largest absolute Gasteiger partial charge is 0.334 e. The first kappa shape index (κ1) is 15.1. The molecule has 0 bridgehead atoms. The zero-order chi connectivity index (χ0) is 16.5. The SMILES string of the molecule is Cc1noc(-c2ccc(C(=O)N(Cc3cccs3)C3CC3)cc2)n1. The number of hydrogen-bond donors (Lipinski definition) is 0. The van der Waals surface area contributed by atoms with Gasteiger partial charge in [0.1, 0.15) is 0 Å². The number of carbonyl (C=O) groups excluding carboxylic acids is 1. The molecule has 0 aliphatic heterocycles. The minimum absolute atomic E-state index is 0.0826. The van der Waals surface area contributed by atoms with Crippen molar-refractivity contribution in [2.24, 2.45) is 0 Å². The highest BCUT2D eigenvalue weighted by atomic mass is 32.1. The molecule has 0 spiro atoms. The maximum absolute atomic E-state index is 12.9. The van der Waals surface area contributed by atoms with Crippen LogP contribution in [0.2, 0.25) is 0 Å². The van der Waals surface area contributed by atoms with E-state index in [4.69, 9.17) is 4.52 Å². The smallest absolute Gasteiger partial charge is 0.257 e. The van der Waals surface area contributed by atoms with E-state index in [9.17, 15) is 4.79 Å². The average molecular weight is 339 g/mol. The molecular formula is C18H17N3O2S. The number of aryl methyl sites for hydroxylation is 1. The van der Waals surface area contributed by atoms with Gasteiger partial charge in [-0.15, -0.1) is 11.3 Å². The number of nitrogens with zero attached hydrogens (tertiary/aromatic N) is 3. The number of rotatable bonds is 5. The molecule has 122 valence electrons. The molecule has 1 fully saturated rings. The second kappa shape index (κ2) is 6.20. The van der Waals surface area contributed by atoms with Gasteiger partial charge >= 0.3 is 0 Å². The van der Waals surface area contributed by atoms with E-state index >= 15 is 0 Å². The van der Waals surface area contributed by atoms with E-state index in [0.29, 0.717) is 29.9 Å². The van der Waals surface area contributed by atoms with Crippen LogP contribution in [0, 0.1) is 6.92 Å². The van der Waals surface area contributed by atoms with Gasteiger partial charge in [-0.3, -0.25) is 4.79 Å². The fraction of sp³-hybridized carbons (Fsp3) is 0.278. The minimum Gasteiger partial charge on any atom is -0.334 e. The average Bonchev–Trinajstić information content (AvgIpc) is 3.13. The third-order valence-corrected chi connectivity index (χ3v) is 4.92. The Kier molecular flexibility index (Phi) is 3.90. The maximum Gasteiger partial charge on any atom is 0.257 e. The molecule has 1 aliphatic carbocycles. The molecule has 1 amide bonds. The minimum atomic E-state index is 0.0826. The van der Waals surface area contributed by atoms with Crippen molar-refractivity contribution in [2.45, 2.75) is 32.4 Å². The molecule has 3 aromatic rings. The summed E-state index contributed by atoms with van der Waals surface area (Å²) in [6.07, 6.45) is 2.19. The normalized spacial score (nSPS) is 13.9. The van der Waals surface area contributed by atoms with Crippen LogP contribution < -0.4 is 0 Å². The van der Waals surface area contributed by atoms with Crippen molar-refractivity contribution < 1.29 is 9.32 Å². The lowest BCUT2D eigenvalue weighted by Gasteiger charge is -2.22. The monoisotopic (exact) mass is 339 g/mol. The van der Waals surface area contributed by atoms with Gasteiger partial charge in [-0.05, 0) is 55.5 Å². The highest BCUT2D eigenvalue weighted by Crippen LogP contribution is 2.31. The van der Waals surface area contributed by atoms with Gasteiger partial charge in [0.2, 0.25) is 0 Å². The van der Waals surface area contributed by atoms with Gasteiger partial charge in [-0.2, -0.15) is 4.98 Å². The number of carbonyl (C=O) groups is 1. The summed E-state index contributed by atoms with van der Waals surface area (Å²) in [6.45, 7) is 2.47. The zero-order valence-corrected chi connectivity index (χ0v) is 14.1. The van der Waals surface area contributed by atoms with Crippen LogP contribution in [0.4, 0.5) is 0 Å². The van der Waals surface area contributed by atoms with E-state index in [0.717, 1.165) is 18.4 Å². The summed E-state index contributed by atoms with van der Waals surface area (Å²) in [5.41, 5.74) is 1.52. The molecule has 2 aromatic heterocycles. The fourth-order valence-corrected chi connectivity index (χ4v) is 3.36. The van der Waals surface area contributed by atoms with Gasteiger partial charge in [0.15, 0.2) is 5.82 Å². The van der Waals surface area contributed by atoms with Crippen molar-refractivity contribution in [3.8, 4) is 11.5 Å². The number of thiophene rings is 1. The molecule has 5 nitrogen and oxygen atoms in total. The molecular weight excluding hydrogens is 322 g/mol. The predicted octanol–water partition coefficient (Wildman–Crippen LogP) is 3.91. The van der Waals surface area contributed by atoms with Crippen molar-refractivity contribution in [2.75, 3.05) is 0 Å². The third kappa shape index (κ3) is 3.10. The second-order valence-electron chi connectivity index (χ2n) is 5.97. The lowest BCUT2D eigenvalue weighted by molar-refractivity contribution is 0.0731. The third-order valence-electron chi connectivity index (χ3n) is 4.06. The molecule has 0 N–H and O–H groups in total. The lowest BCUT2D eigenvalue weighted by atomic mass is 10.1. The van der Waals surface area contributed by atoms with E-state index in [1.807, 2.05) is 40.6 Å². The summed E-state index contributed by atoms with van der Waals surface area (Å²) < 4.78 is 5.16. The first-order valence-electron chi connectivity index (χ1n) is 7.95. The van der Waals surface area contributed by atoms with Crippen LogP contribution in [0.25, 0.3) is 11.5 Å². The van der Waals surface area contributed by atoms with Crippen LogP contribution in [0.5, 0.6) is 0 Å². The molecule has 0 radical (unpaired) electrons. The van der Waals surface area contributed by atoms with Crippen LogP contribution in [0.15, 0.2) is 46.3 Å². The highest BCUT2D eigenvalue weighted by molar-refractivity contribution is 7.09. The lowest BCUT2D eigenvalue weighted by Crippen LogP contribution is -2.32. The molecule has 4 rings (SSSR count). The van der Waals surface area contributed by atoms with Crippen LogP contribution in [0.1, 0.15) is 33.9 Å². The van der Waals surface area contributed by atoms with Crippen LogP contribution >= 0.6 is 11.3 Å². The summed E-state index contributed by atoms with van der Waals surface area (Å²) in [4.78, 5) is 20.3. The second-order valence-corrected chi connectivity index (χ2v) is 7.00. The van der Waals surface area contributed by atoms with Gasteiger partial charge in [0.25, 0.3) is 11.8 Å².